The first-order valence-electron chi connectivity index (χ1n) is 34.8. The summed E-state index contributed by atoms with van der Waals surface area (Å²) in [4.78, 5) is 57.0. The summed E-state index contributed by atoms with van der Waals surface area (Å²) >= 11 is 0. The average molecular weight is 1480 g/mol. The zero-order chi connectivity index (χ0) is 74.5. The van der Waals surface area contributed by atoms with Crippen molar-refractivity contribution in [3.63, 3.8) is 0 Å². The molecule has 0 fully saturated rings. The second-order valence-electron chi connectivity index (χ2n) is 24.5. The van der Waals surface area contributed by atoms with Crippen molar-refractivity contribution in [2.24, 2.45) is 20.5 Å². The molecule has 0 amide bonds. The van der Waals surface area contributed by atoms with E-state index >= 15 is 0 Å². The molecule has 107 heavy (non-hydrogen) atoms. The number of azo groups is 2. The summed E-state index contributed by atoms with van der Waals surface area (Å²) in [5.41, 5.74) is 7.65. The molecule has 0 saturated heterocycles. The number of para-hydroxylation sites is 1. The van der Waals surface area contributed by atoms with E-state index in [9.17, 15) is 36.0 Å². The molecule has 0 spiro atoms. The first kappa shape index (κ1) is 75.8. The molecule has 11 aromatic rings. The number of aryl methyl sites for hydroxylation is 2. The van der Waals surface area contributed by atoms with E-state index in [2.05, 4.69) is 46.0 Å². The highest BCUT2D eigenvalue weighted by Gasteiger charge is 2.20. The van der Waals surface area contributed by atoms with Crippen LogP contribution in [0.3, 0.4) is 0 Å². The van der Waals surface area contributed by atoms with Crippen molar-refractivity contribution in [1.82, 2.24) is 30.0 Å². The van der Waals surface area contributed by atoms with E-state index in [4.69, 9.17) is 18.9 Å². The molecular formula is C80H79N13O12S2. The molecule has 0 N–H and O–H groups in total. The Morgan fingerprint density at radius 3 is 0.888 bits per heavy atom. The highest BCUT2D eigenvalue weighted by atomic mass is 32.2. The van der Waals surface area contributed by atoms with E-state index in [1.807, 2.05) is 101 Å². The molecule has 0 saturated carbocycles. The maximum atomic E-state index is 13.5. The van der Waals surface area contributed by atoms with Gasteiger partial charge in [0, 0.05) is 42.5 Å². The van der Waals surface area contributed by atoms with Crippen LogP contribution in [0.25, 0.3) is 0 Å². The van der Waals surface area contributed by atoms with Crippen molar-refractivity contribution >= 4 is 83.4 Å². The van der Waals surface area contributed by atoms with Gasteiger partial charge in [-0.25, -0.2) is 36.0 Å². The van der Waals surface area contributed by atoms with Crippen LogP contribution in [-0.2, 0) is 64.6 Å². The molecular weight excluding hydrogens is 1400 g/mol. The van der Waals surface area contributed by atoms with Crippen LogP contribution >= 0.6 is 0 Å². The van der Waals surface area contributed by atoms with Crippen LogP contribution < -0.4 is 14.7 Å². The Labute approximate surface area is 620 Å². The van der Waals surface area contributed by atoms with Gasteiger partial charge in [0.1, 0.15) is 26.4 Å². The number of esters is 4. The van der Waals surface area contributed by atoms with Crippen molar-refractivity contribution in [2.45, 2.75) is 48.6 Å². The first-order valence-corrected chi connectivity index (χ1v) is 38.1. The van der Waals surface area contributed by atoms with Gasteiger partial charge in [-0.05, 0) is 183 Å². The summed E-state index contributed by atoms with van der Waals surface area (Å²) in [7, 11) is -7.29. The quantitative estimate of drug-likeness (QED) is 0.0196. The fraction of sp³-hybridized carbons (Fsp3) is 0.225. The predicted octanol–water partition coefficient (Wildman–Crippen LogP) is 13.8. The molecule has 0 aliphatic carbocycles. The lowest BCUT2D eigenvalue weighted by molar-refractivity contribution is 0.0485. The van der Waals surface area contributed by atoms with Crippen molar-refractivity contribution < 1.29 is 55.0 Å². The minimum atomic E-state index is -3.65. The summed E-state index contributed by atoms with van der Waals surface area (Å²) in [6, 6.07) is 71.7. The van der Waals surface area contributed by atoms with Gasteiger partial charge in [0.15, 0.2) is 19.7 Å². The fourth-order valence-corrected chi connectivity index (χ4v) is 13.8. The number of aromatic nitrogens is 6. The summed E-state index contributed by atoms with van der Waals surface area (Å²) < 4.78 is 79.7. The van der Waals surface area contributed by atoms with Crippen molar-refractivity contribution in [3.05, 3.63) is 295 Å². The third-order valence-corrected chi connectivity index (χ3v) is 20.6. The Morgan fingerprint density at radius 2 is 0.589 bits per heavy atom. The Morgan fingerprint density at radius 1 is 0.327 bits per heavy atom. The molecule has 0 aliphatic rings. The monoisotopic (exact) mass is 1480 g/mol. The average Bonchev–Trinajstić information content (AvgIpc) is 1.01. The van der Waals surface area contributed by atoms with E-state index in [-0.39, 0.29) is 47.7 Å². The number of rotatable bonds is 39. The predicted molar refractivity (Wildman–Crippen MR) is 405 cm³/mol. The van der Waals surface area contributed by atoms with E-state index in [1.165, 1.54) is 24.3 Å². The number of hydrogen-bond acceptors (Lipinski definition) is 23. The Hall–Kier alpha value is -12.4. The number of benzene rings is 9. The zero-order valence-corrected chi connectivity index (χ0v) is 60.2. The normalized spacial score (nSPS) is 11.5. The van der Waals surface area contributed by atoms with Gasteiger partial charge in [0.2, 0.25) is 0 Å². The molecule has 2 aromatic heterocycles. The van der Waals surface area contributed by atoms with E-state index in [0.29, 0.717) is 134 Å². The van der Waals surface area contributed by atoms with Gasteiger partial charge in [-0.2, -0.15) is 20.5 Å². The van der Waals surface area contributed by atoms with Gasteiger partial charge < -0.3 is 33.6 Å². The van der Waals surface area contributed by atoms with Gasteiger partial charge in [0.05, 0.1) is 117 Å². The van der Waals surface area contributed by atoms with Crippen LogP contribution in [0.5, 0.6) is 0 Å². The van der Waals surface area contributed by atoms with Crippen LogP contribution in [0.1, 0.15) is 65.7 Å². The number of nitrogens with zero attached hydrogens (tertiary/aromatic N) is 13. The zero-order valence-electron chi connectivity index (χ0n) is 58.6. The Balaban J connectivity index is 0.598. The van der Waals surface area contributed by atoms with E-state index < -0.39 is 43.6 Å². The number of anilines is 3. The summed E-state index contributed by atoms with van der Waals surface area (Å²) in [5.74, 6) is -1.98. The molecule has 0 bridgehead atoms. The number of hydrogen-bond donors (Lipinski definition) is 0. The van der Waals surface area contributed by atoms with Crippen LogP contribution in [0.2, 0.25) is 0 Å². The molecule has 548 valence electrons. The molecule has 25 nitrogen and oxygen atoms in total. The fourth-order valence-electron chi connectivity index (χ4n) is 11.2. The minimum absolute atomic E-state index is 0.0865. The lowest BCUT2D eigenvalue weighted by atomic mass is 10.2. The van der Waals surface area contributed by atoms with Crippen LogP contribution in [0.4, 0.5) is 39.8 Å². The third-order valence-electron chi connectivity index (χ3n) is 17.0. The van der Waals surface area contributed by atoms with Crippen LogP contribution in [0.15, 0.2) is 291 Å². The second-order valence-corrected chi connectivity index (χ2v) is 28.7. The first-order chi connectivity index (χ1) is 52.2. The summed E-state index contributed by atoms with van der Waals surface area (Å²) in [6.07, 6.45) is 5.12. The SMILES string of the molecule is O=C(OCCN(CCOC(=O)c1ccccc1)c1ccc(N=Nc2ccc(S(=O)(=O)CCCc3cn(CCN(CCn4cc(CCCS(=O)(=O)c5ccc(N=Nc6ccc(N(CCOC(=O)c7ccccc7)CCOC(=O)c7ccccc7)cc6)cc5)nn4)c4ccccc4)nn3)cc2)cc1)c1ccccc1. The largest absolute Gasteiger partial charge is 0.460 e. The standard InChI is InChI=1S/C80H79N13O12S2/c94-77(62-18-6-1-7-19-62)102-54-50-90(51-55-103-78(95)63-20-8-2-9-21-63)73-38-30-66(31-39-73)81-83-68-34-42-75(43-35-68)106(98,99)58-16-26-70-60-92(87-85-70)48-46-89(72-28-14-5-15-29-72)47-49-93-61-71(86-88-93)27-17-59-107(100,101)76-44-36-69(37-45-76)84-82-67-32-40-74(41-33-67)91(52-56-104-79(96)64-22-10-3-11-23-64)53-57-105-80(97)65-24-12-4-13-25-65/h1-15,18-25,28-45,60-61H,16-17,26-27,46-59H2. The third kappa shape index (κ3) is 23.3. The van der Waals surface area contributed by atoms with Crippen LogP contribution in [0, 0.1) is 0 Å². The van der Waals surface area contributed by atoms with Crippen molar-refractivity contribution in [1.29, 1.82) is 0 Å². The van der Waals surface area contributed by atoms with Gasteiger partial charge in [-0.15, -0.1) is 10.2 Å². The van der Waals surface area contributed by atoms with Gasteiger partial charge in [-0.1, -0.05) is 101 Å². The maximum absolute atomic E-state index is 13.5. The van der Waals surface area contributed by atoms with E-state index in [1.54, 1.807) is 155 Å². The maximum Gasteiger partial charge on any atom is 0.338 e. The summed E-state index contributed by atoms with van der Waals surface area (Å²) in [5, 5.41) is 34.8. The highest BCUT2D eigenvalue weighted by molar-refractivity contribution is 7.91. The van der Waals surface area contributed by atoms with Gasteiger partial charge >= 0.3 is 23.9 Å². The lowest BCUT2D eigenvalue weighted by Crippen LogP contribution is -2.32. The highest BCUT2D eigenvalue weighted by Crippen LogP contribution is 2.27. The Kier molecular flexibility index (Phi) is 27.2. The van der Waals surface area contributed by atoms with Crippen molar-refractivity contribution in [3.8, 4) is 0 Å². The number of sulfone groups is 2. The molecule has 9 aromatic carbocycles. The topological polar surface area (TPSA) is 294 Å². The second kappa shape index (κ2) is 38.4. The Bertz CT molecular complexity index is 4540. The minimum Gasteiger partial charge on any atom is -0.460 e. The molecule has 0 radical (unpaired) electrons. The summed E-state index contributed by atoms with van der Waals surface area (Å²) in [6.45, 7) is 3.79. The van der Waals surface area contributed by atoms with Crippen LogP contribution in [-0.4, -0.2) is 148 Å². The smallest absolute Gasteiger partial charge is 0.338 e. The lowest BCUT2D eigenvalue weighted by Gasteiger charge is -2.24. The number of carbonyl (C=O) groups excluding carboxylic acids is 4. The molecule has 27 heteroatoms. The van der Waals surface area contributed by atoms with E-state index in [0.717, 1.165) is 17.1 Å². The number of carbonyl (C=O) groups is 4. The number of ether oxygens (including phenoxy) is 4. The molecule has 0 aliphatic heterocycles. The van der Waals surface area contributed by atoms with Gasteiger partial charge in [0.25, 0.3) is 0 Å². The molecule has 2 heterocycles. The van der Waals surface area contributed by atoms with Gasteiger partial charge in [-0.3, -0.25) is 9.36 Å². The molecule has 11 rings (SSSR count). The van der Waals surface area contributed by atoms with Crippen molar-refractivity contribution in [2.75, 3.05) is 91.9 Å². The molecule has 0 atom stereocenters. The molecule has 0 unspecified atom stereocenters.